The van der Waals surface area contributed by atoms with Gasteiger partial charge in [0.2, 0.25) is 5.91 Å². The van der Waals surface area contributed by atoms with Crippen LogP contribution >= 0.6 is 0 Å². The second kappa shape index (κ2) is 9.17. The fourth-order valence-electron chi connectivity index (χ4n) is 3.35. The number of aromatic hydroxyl groups is 1. The summed E-state index contributed by atoms with van der Waals surface area (Å²) in [6.45, 7) is 1.71. The van der Waals surface area contributed by atoms with E-state index in [-0.39, 0.29) is 23.5 Å². The number of carbonyl (C=O) groups is 2. The summed E-state index contributed by atoms with van der Waals surface area (Å²) in [4.78, 5) is 24.6. The van der Waals surface area contributed by atoms with Crippen LogP contribution in [0.2, 0.25) is 0 Å². The van der Waals surface area contributed by atoms with Gasteiger partial charge in [-0.05, 0) is 56.2 Å². The minimum atomic E-state index is -0.361. The monoisotopic (exact) mass is 379 g/mol. The third-order valence-corrected chi connectivity index (χ3v) is 5.01. The van der Waals surface area contributed by atoms with Gasteiger partial charge in [-0.3, -0.25) is 9.59 Å². The molecule has 1 aliphatic rings. The number of nitrogens with zero attached hydrogens (tertiary/aromatic N) is 1. The number of nitrogens with one attached hydrogen (secondary N) is 2. The van der Waals surface area contributed by atoms with Crippen molar-refractivity contribution in [3.8, 4) is 5.75 Å². The van der Waals surface area contributed by atoms with Gasteiger partial charge in [-0.1, -0.05) is 31.4 Å². The first kappa shape index (κ1) is 19.6. The number of carbonyl (C=O) groups excluding carboxylic acids is 2. The zero-order chi connectivity index (χ0) is 19.9. The Bertz CT molecular complexity index is 869. The van der Waals surface area contributed by atoms with E-state index in [4.69, 9.17) is 0 Å². The van der Waals surface area contributed by atoms with Crippen molar-refractivity contribution in [3.63, 3.8) is 0 Å². The van der Waals surface area contributed by atoms with Crippen LogP contribution in [0.5, 0.6) is 5.75 Å². The maximum Gasteiger partial charge on any atom is 0.271 e. The summed E-state index contributed by atoms with van der Waals surface area (Å²) in [5.41, 5.74) is 4.66. The number of hydrazone groups is 1. The Morgan fingerprint density at radius 1 is 1.00 bits per heavy atom. The molecule has 1 saturated carbocycles. The molecule has 0 bridgehead atoms. The van der Waals surface area contributed by atoms with Crippen molar-refractivity contribution in [1.82, 2.24) is 5.43 Å². The molecule has 0 spiro atoms. The van der Waals surface area contributed by atoms with Crippen molar-refractivity contribution in [2.45, 2.75) is 39.0 Å². The third-order valence-electron chi connectivity index (χ3n) is 5.01. The molecule has 0 heterocycles. The van der Waals surface area contributed by atoms with Gasteiger partial charge >= 0.3 is 0 Å². The largest absolute Gasteiger partial charge is 0.507 e. The number of para-hydroxylation sites is 1. The lowest BCUT2D eigenvalue weighted by Gasteiger charge is -2.20. The van der Waals surface area contributed by atoms with Gasteiger partial charge < -0.3 is 10.4 Å². The molecular weight excluding hydrogens is 354 g/mol. The van der Waals surface area contributed by atoms with Crippen LogP contribution < -0.4 is 10.7 Å². The van der Waals surface area contributed by atoms with Crippen molar-refractivity contribution in [2.24, 2.45) is 11.0 Å². The molecule has 0 aliphatic heterocycles. The zero-order valence-corrected chi connectivity index (χ0v) is 15.9. The van der Waals surface area contributed by atoms with Gasteiger partial charge in [0.25, 0.3) is 5.91 Å². The predicted molar refractivity (Wildman–Crippen MR) is 109 cm³/mol. The number of amides is 2. The number of benzene rings is 2. The van der Waals surface area contributed by atoms with E-state index in [0.717, 1.165) is 25.7 Å². The number of rotatable bonds is 5. The highest BCUT2D eigenvalue weighted by Crippen LogP contribution is 2.25. The number of phenols is 1. The normalized spacial score (nSPS) is 15.1. The van der Waals surface area contributed by atoms with Crippen LogP contribution in [0.25, 0.3) is 0 Å². The standard InChI is InChI=1S/C22H25N3O3/c1-15(19-9-5-6-10-20(19)26)24-25-22(28)17-11-13-18(14-12-17)23-21(27)16-7-3-2-4-8-16/h5-6,9-14,16,26H,2-4,7-8H2,1H3,(H,23,27)(H,25,28). The van der Waals surface area contributed by atoms with Crippen LogP contribution in [-0.2, 0) is 4.79 Å². The Labute approximate surface area is 164 Å². The minimum Gasteiger partial charge on any atom is -0.507 e. The van der Waals surface area contributed by atoms with Crippen molar-refractivity contribution in [2.75, 3.05) is 5.32 Å². The smallest absolute Gasteiger partial charge is 0.271 e. The Kier molecular flexibility index (Phi) is 6.42. The van der Waals surface area contributed by atoms with Crippen molar-refractivity contribution in [3.05, 3.63) is 59.7 Å². The van der Waals surface area contributed by atoms with Gasteiger partial charge in [-0.25, -0.2) is 5.43 Å². The summed E-state index contributed by atoms with van der Waals surface area (Å²) in [5, 5.41) is 16.8. The molecule has 0 saturated heterocycles. The van der Waals surface area contributed by atoms with Crippen LogP contribution in [-0.4, -0.2) is 22.6 Å². The van der Waals surface area contributed by atoms with Gasteiger partial charge in [-0.15, -0.1) is 0 Å². The van der Waals surface area contributed by atoms with Crippen LogP contribution in [0, 0.1) is 5.92 Å². The van der Waals surface area contributed by atoms with E-state index in [1.165, 1.54) is 6.42 Å². The summed E-state index contributed by atoms with van der Waals surface area (Å²) in [6, 6.07) is 13.5. The molecule has 28 heavy (non-hydrogen) atoms. The number of anilines is 1. The Morgan fingerprint density at radius 2 is 1.68 bits per heavy atom. The maximum atomic E-state index is 12.3. The van der Waals surface area contributed by atoms with E-state index in [1.807, 2.05) is 0 Å². The lowest BCUT2D eigenvalue weighted by Crippen LogP contribution is -2.24. The summed E-state index contributed by atoms with van der Waals surface area (Å²) in [7, 11) is 0. The van der Waals surface area contributed by atoms with Crippen LogP contribution in [0.1, 0.15) is 54.9 Å². The molecule has 0 atom stereocenters. The average molecular weight is 379 g/mol. The highest BCUT2D eigenvalue weighted by Gasteiger charge is 2.21. The van der Waals surface area contributed by atoms with Gasteiger partial charge in [-0.2, -0.15) is 5.10 Å². The molecule has 3 rings (SSSR count). The average Bonchev–Trinajstić information content (AvgIpc) is 2.73. The van der Waals surface area contributed by atoms with E-state index in [1.54, 1.807) is 55.5 Å². The highest BCUT2D eigenvalue weighted by molar-refractivity contribution is 6.02. The topological polar surface area (TPSA) is 90.8 Å². The molecule has 6 heteroatoms. The maximum absolute atomic E-state index is 12.3. The van der Waals surface area contributed by atoms with Crippen LogP contribution in [0.15, 0.2) is 53.6 Å². The van der Waals surface area contributed by atoms with E-state index >= 15 is 0 Å². The minimum absolute atomic E-state index is 0.0554. The Morgan fingerprint density at radius 3 is 2.36 bits per heavy atom. The molecule has 1 fully saturated rings. The molecule has 146 valence electrons. The summed E-state index contributed by atoms with van der Waals surface area (Å²) in [5.74, 6) is -0.112. The summed E-state index contributed by atoms with van der Waals surface area (Å²) in [6.07, 6.45) is 5.32. The molecule has 0 unspecified atom stereocenters. The molecule has 1 aliphatic carbocycles. The SMILES string of the molecule is CC(=NNC(=O)c1ccc(NC(=O)C2CCCCC2)cc1)c1ccccc1O. The van der Waals surface area contributed by atoms with Crippen molar-refractivity contribution in [1.29, 1.82) is 0 Å². The van der Waals surface area contributed by atoms with E-state index < -0.39 is 0 Å². The lowest BCUT2D eigenvalue weighted by molar-refractivity contribution is -0.120. The van der Waals surface area contributed by atoms with Crippen LogP contribution in [0.3, 0.4) is 0 Å². The molecule has 0 radical (unpaired) electrons. The predicted octanol–water partition coefficient (Wildman–Crippen LogP) is 4.07. The molecule has 2 aromatic rings. The van der Waals surface area contributed by atoms with Crippen molar-refractivity contribution < 1.29 is 14.7 Å². The van der Waals surface area contributed by atoms with Gasteiger partial charge in [0, 0.05) is 22.7 Å². The fraction of sp³-hybridized carbons (Fsp3) is 0.318. The number of hydrogen-bond donors (Lipinski definition) is 3. The quantitative estimate of drug-likeness (QED) is 0.540. The highest BCUT2D eigenvalue weighted by atomic mass is 16.3. The first-order valence-corrected chi connectivity index (χ1v) is 9.58. The molecule has 6 nitrogen and oxygen atoms in total. The van der Waals surface area contributed by atoms with E-state index in [9.17, 15) is 14.7 Å². The second-order valence-corrected chi connectivity index (χ2v) is 7.06. The van der Waals surface area contributed by atoms with Gasteiger partial charge in [0.05, 0.1) is 5.71 Å². The fourth-order valence-corrected chi connectivity index (χ4v) is 3.35. The molecule has 3 N–H and O–H groups in total. The summed E-state index contributed by atoms with van der Waals surface area (Å²) < 4.78 is 0. The second-order valence-electron chi connectivity index (χ2n) is 7.06. The van der Waals surface area contributed by atoms with Crippen LogP contribution in [0.4, 0.5) is 5.69 Å². The van der Waals surface area contributed by atoms with E-state index in [2.05, 4.69) is 15.8 Å². The molecule has 2 amide bonds. The van der Waals surface area contributed by atoms with Crippen molar-refractivity contribution >= 4 is 23.2 Å². The first-order valence-electron chi connectivity index (χ1n) is 9.58. The summed E-state index contributed by atoms with van der Waals surface area (Å²) >= 11 is 0. The molecule has 0 aromatic heterocycles. The lowest BCUT2D eigenvalue weighted by atomic mass is 9.88. The molecular formula is C22H25N3O3. The van der Waals surface area contributed by atoms with Gasteiger partial charge in [0.1, 0.15) is 5.75 Å². The third kappa shape index (κ3) is 4.97. The van der Waals surface area contributed by atoms with E-state index in [0.29, 0.717) is 22.5 Å². The van der Waals surface area contributed by atoms with Gasteiger partial charge in [0.15, 0.2) is 0 Å². The zero-order valence-electron chi connectivity index (χ0n) is 15.9. The first-order chi connectivity index (χ1) is 13.5. The Hall–Kier alpha value is -3.15. The number of phenolic OH excluding ortho intramolecular Hbond substituents is 1. The Balaban J connectivity index is 1.58. The molecule has 2 aromatic carbocycles. The number of hydrogen-bond acceptors (Lipinski definition) is 4.